The summed E-state index contributed by atoms with van der Waals surface area (Å²) in [5.41, 5.74) is 8.30. The second-order valence-electron chi connectivity index (χ2n) is 4.35. The van der Waals surface area contributed by atoms with Crippen LogP contribution in [0.5, 0.6) is 11.5 Å². The maximum Gasteiger partial charge on any atom is 0.162 e. The molecule has 0 bridgehead atoms. The number of fused-ring (bicyclic) bond motifs is 1. The number of hydrogen-bond acceptors (Lipinski definition) is 5. The summed E-state index contributed by atoms with van der Waals surface area (Å²) in [6.07, 6.45) is 0. The quantitative estimate of drug-likeness (QED) is 0.886. The number of aryl methyl sites for hydroxylation is 1. The van der Waals surface area contributed by atoms with E-state index in [1.807, 2.05) is 31.2 Å². The van der Waals surface area contributed by atoms with E-state index in [2.05, 4.69) is 9.97 Å². The third-order valence-electron chi connectivity index (χ3n) is 2.94. The maximum atomic E-state index is 5.64. The summed E-state index contributed by atoms with van der Waals surface area (Å²) in [5.74, 6) is 2.25. The molecule has 3 rings (SSSR count). The lowest BCUT2D eigenvalue weighted by atomic mass is 10.1. The van der Waals surface area contributed by atoms with Crippen LogP contribution in [0.3, 0.4) is 0 Å². The van der Waals surface area contributed by atoms with Crippen LogP contribution in [-0.2, 0) is 6.54 Å². The van der Waals surface area contributed by atoms with Crippen molar-refractivity contribution in [3.8, 4) is 22.8 Å². The fraction of sp³-hybridized carbons (Fsp3) is 0.286. The molecule has 0 saturated carbocycles. The summed E-state index contributed by atoms with van der Waals surface area (Å²) in [6.45, 7) is 3.44. The first-order valence-electron chi connectivity index (χ1n) is 6.21. The Labute approximate surface area is 111 Å². The van der Waals surface area contributed by atoms with Crippen LogP contribution < -0.4 is 15.2 Å². The first-order valence-corrected chi connectivity index (χ1v) is 6.21. The predicted octanol–water partition coefficient (Wildman–Crippen LogP) is 1.68. The van der Waals surface area contributed by atoms with E-state index in [9.17, 15) is 0 Å². The Morgan fingerprint density at radius 1 is 1.11 bits per heavy atom. The minimum atomic E-state index is 0.404. The van der Waals surface area contributed by atoms with Crippen LogP contribution in [0.15, 0.2) is 24.3 Å². The van der Waals surface area contributed by atoms with Crippen LogP contribution in [-0.4, -0.2) is 23.2 Å². The van der Waals surface area contributed by atoms with Crippen molar-refractivity contribution < 1.29 is 9.47 Å². The second kappa shape index (κ2) is 4.85. The Balaban J connectivity index is 2.04. The topological polar surface area (TPSA) is 70.3 Å². The van der Waals surface area contributed by atoms with Crippen molar-refractivity contribution in [1.82, 2.24) is 9.97 Å². The summed E-state index contributed by atoms with van der Waals surface area (Å²) in [6, 6.07) is 7.72. The summed E-state index contributed by atoms with van der Waals surface area (Å²) in [7, 11) is 0. The highest BCUT2D eigenvalue weighted by Gasteiger charge is 2.13. The largest absolute Gasteiger partial charge is 0.486 e. The number of nitrogens with two attached hydrogens (primary N) is 1. The smallest absolute Gasteiger partial charge is 0.162 e. The van der Waals surface area contributed by atoms with Crippen molar-refractivity contribution >= 4 is 0 Å². The number of ether oxygens (including phenoxy) is 2. The Hall–Kier alpha value is -2.14. The van der Waals surface area contributed by atoms with Gasteiger partial charge in [-0.2, -0.15) is 0 Å². The standard InChI is InChI=1S/C14H15N3O2/c1-9-16-11(8-15)7-12(17-9)10-2-3-13-14(6-10)19-5-4-18-13/h2-3,6-7H,4-5,8,15H2,1H3. The van der Waals surface area contributed by atoms with E-state index < -0.39 is 0 Å². The van der Waals surface area contributed by atoms with E-state index in [1.165, 1.54) is 0 Å². The summed E-state index contributed by atoms with van der Waals surface area (Å²) < 4.78 is 11.1. The fourth-order valence-corrected chi connectivity index (χ4v) is 2.08. The van der Waals surface area contributed by atoms with Gasteiger partial charge < -0.3 is 15.2 Å². The molecule has 0 spiro atoms. The van der Waals surface area contributed by atoms with Gasteiger partial charge in [-0.25, -0.2) is 9.97 Å². The lowest BCUT2D eigenvalue weighted by Gasteiger charge is -2.18. The van der Waals surface area contributed by atoms with Crippen LogP contribution in [0.2, 0.25) is 0 Å². The highest BCUT2D eigenvalue weighted by atomic mass is 16.6. The van der Waals surface area contributed by atoms with Gasteiger partial charge in [0.1, 0.15) is 19.0 Å². The minimum absolute atomic E-state index is 0.404. The molecule has 0 amide bonds. The van der Waals surface area contributed by atoms with Crippen LogP contribution >= 0.6 is 0 Å². The Bertz CT molecular complexity index is 614. The first-order chi connectivity index (χ1) is 9.26. The minimum Gasteiger partial charge on any atom is -0.486 e. The van der Waals surface area contributed by atoms with Gasteiger partial charge in [-0.1, -0.05) is 0 Å². The normalized spacial score (nSPS) is 13.4. The summed E-state index contributed by atoms with van der Waals surface area (Å²) >= 11 is 0. The molecular weight excluding hydrogens is 242 g/mol. The molecule has 1 aromatic heterocycles. The zero-order chi connectivity index (χ0) is 13.2. The average molecular weight is 257 g/mol. The van der Waals surface area contributed by atoms with Crippen molar-refractivity contribution in [2.75, 3.05) is 13.2 Å². The molecule has 2 heterocycles. The van der Waals surface area contributed by atoms with E-state index in [-0.39, 0.29) is 0 Å². The van der Waals surface area contributed by atoms with Crippen molar-refractivity contribution in [3.63, 3.8) is 0 Å². The van der Waals surface area contributed by atoms with Crippen LogP contribution in [0.4, 0.5) is 0 Å². The van der Waals surface area contributed by atoms with E-state index in [0.717, 1.165) is 28.5 Å². The molecule has 5 heteroatoms. The molecule has 0 aliphatic carbocycles. The number of aromatic nitrogens is 2. The maximum absolute atomic E-state index is 5.64. The molecule has 98 valence electrons. The molecule has 19 heavy (non-hydrogen) atoms. The molecule has 1 aliphatic heterocycles. The van der Waals surface area contributed by atoms with Gasteiger partial charge in [0.25, 0.3) is 0 Å². The molecule has 0 atom stereocenters. The third-order valence-corrected chi connectivity index (χ3v) is 2.94. The molecule has 1 aromatic carbocycles. The van der Waals surface area contributed by atoms with Gasteiger partial charge in [0.05, 0.1) is 11.4 Å². The SMILES string of the molecule is Cc1nc(CN)cc(-c2ccc3c(c2)OCCO3)n1. The molecule has 0 fully saturated rings. The monoisotopic (exact) mass is 257 g/mol. The fourth-order valence-electron chi connectivity index (χ4n) is 2.08. The molecule has 5 nitrogen and oxygen atoms in total. The highest BCUT2D eigenvalue weighted by molar-refractivity contribution is 5.64. The molecule has 1 aliphatic rings. The van der Waals surface area contributed by atoms with Gasteiger partial charge in [0.2, 0.25) is 0 Å². The molecule has 2 aromatic rings. The van der Waals surface area contributed by atoms with Gasteiger partial charge in [-0.3, -0.25) is 0 Å². The van der Waals surface area contributed by atoms with E-state index >= 15 is 0 Å². The summed E-state index contributed by atoms with van der Waals surface area (Å²) in [5, 5.41) is 0. The molecular formula is C14H15N3O2. The predicted molar refractivity (Wildman–Crippen MR) is 71.1 cm³/mol. The van der Waals surface area contributed by atoms with Crippen molar-refractivity contribution in [2.24, 2.45) is 5.73 Å². The first kappa shape index (κ1) is 11.9. The van der Waals surface area contributed by atoms with Gasteiger partial charge in [-0.15, -0.1) is 0 Å². The van der Waals surface area contributed by atoms with Crippen LogP contribution in [0.1, 0.15) is 11.5 Å². The summed E-state index contributed by atoms with van der Waals surface area (Å²) in [4.78, 5) is 8.71. The van der Waals surface area contributed by atoms with Gasteiger partial charge >= 0.3 is 0 Å². The zero-order valence-electron chi connectivity index (χ0n) is 10.7. The van der Waals surface area contributed by atoms with Gasteiger partial charge in [0.15, 0.2) is 11.5 Å². The molecule has 0 saturated heterocycles. The number of hydrogen-bond donors (Lipinski definition) is 1. The average Bonchev–Trinajstić information content (AvgIpc) is 2.46. The number of nitrogens with zero attached hydrogens (tertiary/aromatic N) is 2. The highest BCUT2D eigenvalue weighted by Crippen LogP contribution is 2.34. The second-order valence-corrected chi connectivity index (χ2v) is 4.35. The number of rotatable bonds is 2. The number of benzene rings is 1. The molecule has 0 radical (unpaired) electrons. The van der Waals surface area contributed by atoms with Gasteiger partial charge in [-0.05, 0) is 31.2 Å². The van der Waals surface area contributed by atoms with Gasteiger partial charge in [0, 0.05) is 12.1 Å². The lowest BCUT2D eigenvalue weighted by Crippen LogP contribution is -2.15. The third kappa shape index (κ3) is 2.37. The van der Waals surface area contributed by atoms with Crippen molar-refractivity contribution in [3.05, 3.63) is 35.8 Å². The zero-order valence-corrected chi connectivity index (χ0v) is 10.7. The molecule has 0 unspecified atom stereocenters. The van der Waals surface area contributed by atoms with E-state index in [1.54, 1.807) is 0 Å². The van der Waals surface area contributed by atoms with E-state index in [0.29, 0.717) is 25.6 Å². The van der Waals surface area contributed by atoms with Crippen LogP contribution in [0.25, 0.3) is 11.3 Å². The van der Waals surface area contributed by atoms with Crippen molar-refractivity contribution in [2.45, 2.75) is 13.5 Å². The Morgan fingerprint density at radius 2 is 1.89 bits per heavy atom. The van der Waals surface area contributed by atoms with E-state index in [4.69, 9.17) is 15.2 Å². The molecule has 2 N–H and O–H groups in total. The Kier molecular flexibility index (Phi) is 3.05. The Morgan fingerprint density at radius 3 is 2.68 bits per heavy atom. The van der Waals surface area contributed by atoms with Crippen molar-refractivity contribution in [1.29, 1.82) is 0 Å². The van der Waals surface area contributed by atoms with Crippen LogP contribution in [0, 0.1) is 6.92 Å². The lowest BCUT2D eigenvalue weighted by molar-refractivity contribution is 0.171.